The van der Waals surface area contributed by atoms with Crippen molar-refractivity contribution in [3.05, 3.63) is 71.8 Å². The molecule has 120 valence electrons. The Kier molecular flexibility index (Phi) is 4.77. The molecule has 3 rings (SSSR count). The van der Waals surface area contributed by atoms with Crippen LogP contribution in [-0.2, 0) is 10.2 Å². The highest BCUT2D eigenvalue weighted by molar-refractivity contribution is 5.92. The highest BCUT2D eigenvalue weighted by Crippen LogP contribution is 2.42. The van der Waals surface area contributed by atoms with Crippen LogP contribution in [0.4, 0.5) is 0 Å². The fourth-order valence-electron chi connectivity index (χ4n) is 3.81. The van der Waals surface area contributed by atoms with Gasteiger partial charge in [-0.15, -0.1) is 0 Å². The number of likely N-dealkylation sites (N-methyl/N-ethyl adjacent to an activating group) is 1. The second-order valence-corrected chi connectivity index (χ2v) is 6.09. The van der Waals surface area contributed by atoms with E-state index in [4.69, 9.17) is 0 Å². The van der Waals surface area contributed by atoms with Crippen LogP contribution in [-0.4, -0.2) is 25.5 Å². The summed E-state index contributed by atoms with van der Waals surface area (Å²) in [5.74, 6) is 0.352. The van der Waals surface area contributed by atoms with Gasteiger partial charge in [0.15, 0.2) is 0 Å². The van der Waals surface area contributed by atoms with Crippen LogP contribution >= 0.6 is 0 Å². The number of hydrogen-bond acceptors (Lipinski definition) is 2. The number of amides is 1. The predicted octanol–water partition coefficient (Wildman–Crippen LogP) is 2.72. The molecule has 0 aromatic heterocycles. The molecule has 0 aliphatic carbocycles. The molecule has 0 spiro atoms. The van der Waals surface area contributed by atoms with E-state index in [-0.39, 0.29) is 11.8 Å². The summed E-state index contributed by atoms with van der Waals surface area (Å²) in [6, 6.07) is 20.4. The van der Waals surface area contributed by atoms with Crippen molar-refractivity contribution in [2.75, 3.05) is 19.6 Å². The van der Waals surface area contributed by atoms with Crippen LogP contribution in [0.25, 0.3) is 0 Å². The fourth-order valence-corrected chi connectivity index (χ4v) is 3.81. The molecular weight excluding hydrogens is 284 g/mol. The van der Waals surface area contributed by atoms with Gasteiger partial charge in [0.2, 0.25) is 5.91 Å². The van der Waals surface area contributed by atoms with Crippen LogP contribution < -0.4 is 10.6 Å². The largest absolute Gasteiger partial charge is 0.355 e. The molecule has 0 saturated carbocycles. The first-order valence-electron chi connectivity index (χ1n) is 8.40. The minimum atomic E-state index is -0.637. The molecule has 1 aliphatic rings. The first kappa shape index (κ1) is 15.8. The zero-order chi connectivity index (χ0) is 16.1. The summed E-state index contributed by atoms with van der Waals surface area (Å²) in [6.45, 7) is 4.44. The molecule has 0 radical (unpaired) electrons. The Morgan fingerprint density at radius 1 is 1.09 bits per heavy atom. The fraction of sp³-hybridized carbons (Fsp3) is 0.350. The SMILES string of the molecule is CCNC(=O)C(c1ccccc1)(c1ccccc1)C1CCNC1. The van der Waals surface area contributed by atoms with Crippen molar-refractivity contribution in [2.24, 2.45) is 5.92 Å². The molecule has 23 heavy (non-hydrogen) atoms. The predicted molar refractivity (Wildman–Crippen MR) is 93.3 cm³/mol. The average Bonchev–Trinajstić information content (AvgIpc) is 3.13. The monoisotopic (exact) mass is 308 g/mol. The molecule has 1 amide bonds. The molecule has 1 unspecified atom stereocenters. The number of carbonyl (C=O) groups is 1. The summed E-state index contributed by atoms with van der Waals surface area (Å²) in [5.41, 5.74) is 1.51. The third-order valence-electron chi connectivity index (χ3n) is 4.83. The lowest BCUT2D eigenvalue weighted by molar-refractivity contribution is -0.126. The quantitative estimate of drug-likeness (QED) is 0.892. The zero-order valence-corrected chi connectivity index (χ0v) is 13.6. The van der Waals surface area contributed by atoms with Crippen molar-refractivity contribution < 1.29 is 4.79 Å². The normalized spacial score (nSPS) is 17.9. The van der Waals surface area contributed by atoms with Gasteiger partial charge in [0.1, 0.15) is 5.41 Å². The topological polar surface area (TPSA) is 41.1 Å². The molecular formula is C20H24N2O. The van der Waals surface area contributed by atoms with E-state index in [2.05, 4.69) is 34.9 Å². The number of nitrogens with one attached hydrogen (secondary N) is 2. The Hall–Kier alpha value is -2.13. The molecule has 1 heterocycles. The minimum absolute atomic E-state index is 0.103. The van der Waals surface area contributed by atoms with Gasteiger partial charge in [-0.3, -0.25) is 4.79 Å². The van der Waals surface area contributed by atoms with Crippen molar-refractivity contribution in [1.82, 2.24) is 10.6 Å². The Morgan fingerprint density at radius 3 is 2.09 bits per heavy atom. The van der Waals surface area contributed by atoms with Gasteiger partial charge < -0.3 is 10.6 Å². The van der Waals surface area contributed by atoms with Crippen LogP contribution in [0.5, 0.6) is 0 Å². The van der Waals surface area contributed by atoms with E-state index < -0.39 is 5.41 Å². The molecule has 1 atom stereocenters. The van der Waals surface area contributed by atoms with E-state index in [0.717, 1.165) is 30.6 Å². The highest BCUT2D eigenvalue weighted by atomic mass is 16.2. The summed E-state index contributed by atoms with van der Waals surface area (Å²) in [7, 11) is 0. The lowest BCUT2D eigenvalue weighted by atomic mass is 9.64. The molecule has 1 aliphatic heterocycles. The van der Waals surface area contributed by atoms with Crippen LogP contribution in [0.2, 0.25) is 0 Å². The van der Waals surface area contributed by atoms with Gasteiger partial charge in [-0.2, -0.15) is 0 Å². The van der Waals surface area contributed by atoms with Gasteiger partial charge in [-0.25, -0.2) is 0 Å². The van der Waals surface area contributed by atoms with Crippen molar-refractivity contribution in [1.29, 1.82) is 0 Å². The molecule has 3 heteroatoms. The van der Waals surface area contributed by atoms with E-state index in [9.17, 15) is 4.79 Å². The third kappa shape index (κ3) is 2.77. The summed E-state index contributed by atoms with van der Waals surface area (Å²) in [5, 5.41) is 6.53. The maximum Gasteiger partial charge on any atom is 0.235 e. The standard InChI is InChI=1S/C20H24N2O/c1-2-22-19(23)20(18-13-14-21-15-18,16-9-5-3-6-10-16)17-11-7-4-8-12-17/h3-12,18,21H,2,13-15H2,1H3,(H,22,23). The van der Waals surface area contributed by atoms with E-state index in [1.54, 1.807) is 0 Å². The molecule has 2 aromatic carbocycles. The molecule has 3 nitrogen and oxygen atoms in total. The zero-order valence-electron chi connectivity index (χ0n) is 13.6. The smallest absolute Gasteiger partial charge is 0.235 e. The van der Waals surface area contributed by atoms with E-state index >= 15 is 0 Å². The summed E-state index contributed by atoms with van der Waals surface area (Å²) >= 11 is 0. The summed E-state index contributed by atoms with van der Waals surface area (Å²) < 4.78 is 0. The summed E-state index contributed by atoms with van der Waals surface area (Å²) in [4.78, 5) is 13.3. The Labute approximate surface area is 138 Å². The average molecular weight is 308 g/mol. The van der Waals surface area contributed by atoms with E-state index in [1.807, 2.05) is 43.3 Å². The summed E-state index contributed by atoms with van der Waals surface area (Å²) in [6.07, 6.45) is 1.00. The first-order valence-corrected chi connectivity index (χ1v) is 8.40. The van der Waals surface area contributed by atoms with E-state index in [0.29, 0.717) is 6.54 Å². The van der Waals surface area contributed by atoms with Crippen molar-refractivity contribution >= 4 is 5.91 Å². The van der Waals surface area contributed by atoms with Gasteiger partial charge in [-0.1, -0.05) is 60.7 Å². The molecule has 0 bridgehead atoms. The number of carbonyl (C=O) groups excluding carboxylic acids is 1. The Morgan fingerprint density at radius 2 is 1.65 bits per heavy atom. The lowest BCUT2D eigenvalue weighted by Gasteiger charge is -2.38. The van der Waals surface area contributed by atoms with Gasteiger partial charge >= 0.3 is 0 Å². The maximum absolute atomic E-state index is 13.3. The Bertz CT molecular complexity index is 594. The van der Waals surface area contributed by atoms with Crippen molar-refractivity contribution in [3.63, 3.8) is 0 Å². The molecule has 2 N–H and O–H groups in total. The number of hydrogen-bond donors (Lipinski definition) is 2. The lowest BCUT2D eigenvalue weighted by Crippen LogP contribution is -2.51. The number of benzene rings is 2. The first-order chi connectivity index (χ1) is 11.3. The minimum Gasteiger partial charge on any atom is -0.355 e. The van der Waals surface area contributed by atoms with Gasteiger partial charge in [0.25, 0.3) is 0 Å². The van der Waals surface area contributed by atoms with Gasteiger partial charge in [0, 0.05) is 6.54 Å². The van der Waals surface area contributed by atoms with Gasteiger partial charge in [0.05, 0.1) is 0 Å². The molecule has 1 saturated heterocycles. The van der Waals surface area contributed by atoms with Crippen LogP contribution in [0.15, 0.2) is 60.7 Å². The van der Waals surface area contributed by atoms with Crippen molar-refractivity contribution in [3.8, 4) is 0 Å². The second kappa shape index (κ2) is 6.97. The highest BCUT2D eigenvalue weighted by Gasteiger charge is 2.49. The maximum atomic E-state index is 13.3. The Balaban J connectivity index is 2.22. The van der Waals surface area contributed by atoms with Crippen molar-refractivity contribution in [2.45, 2.75) is 18.8 Å². The van der Waals surface area contributed by atoms with Gasteiger partial charge in [-0.05, 0) is 43.5 Å². The van der Waals surface area contributed by atoms with Crippen LogP contribution in [0.3, 0.4) is 0 Å². The van der Waals surface area contributed by atoms with Crippen LogP contribution in [0, 0.1) is 5.92 Å². The molecule has 2 aromatic rings. The van der Waals surface area contributed by atoms with E-state index in [1.165, 1.54) is 0 Å². The third-order valence-corrected chi connectivity index (χ3v) is 4.83. The van der Waals surface area contributed by atoms with Crippen LogP contribution in [0.1, 0.15) is 24.5 Å². The second-order valence-electron chi connectivity index (χ2n) is 6.09. The number of rotatable bonds is 5. The molecule has 1 fully saturated rings.